The predicted molar refractivity (Wildman–Crippen MR) is 110 cm³/mol. The van der Waals surface area contributed by atoms with Gasteiger partial charge in [-0.2, -0.15) is 0 Å². The van der Waals surface area contributed by atoms with Crippen molar-refractivity contribution in [1.82, 2.24) is 19.9 Å². The molecule has 0 unspecified atom stereocenters. The Kier molecular flexibility index (Phi) is 5.87. The first-order valence-corrected chi connectivity index (χ1v) is 9.85. The molecule has 1 aliphatic heterocycles. The molecule has 0 bridgehead atoms. The molecule has 1 aromatic carbocycles. The number of hydrogen-bond donors (Lipinski definition) is 3. The number of imidazole rings is 1. The van der Waals surface area contributed by atoms with Crippen molar-refractivity contribution in [3.8, 4) is 22.6 Å². The topological polar surface area (TPSA) is 125 Å². The number of aromatic amines is 1. The Balaban J connectivity index is 1.73. The Morgan fingerprint density at radius 2 is 1.90 bits per heavy atom. The molecule has 0 amide bonds. The number of halogens is 1. The normalized spacial score (nSPS) is 21.7. The monoisotopic (exact) mass is 412 g/mol. The largest absolute Gasteiger partial charge is 0.344 e. The van der Waals surface area contributed by atoms with Crippen molar-refractivity contribution < 1.29 is 13.9 Å². The molecule has 9 heteroatoms. The van der Waals surface area contributed by atoms with Crippen molar-refractivity contribution in [2.45, 2.75) is 31.6 Å². The van der Waals surface area contributed by atoms with Gasteiger partial charge in [-0.15, -0.1) is 0 Å². The van der Waals surface area contributed by atoms with Gasteiger partial charge in [0.05, 0.1) is 35.8 Å². The molecular formula is C21H25FN6O2. The van der Waals surface area contributed by atoms with E-state index >= 15 is 0 Å². The van der Waals surface area contributed by atoms with Crippen LogP contribution in [0.3, 0.4) is 0 Å². The Hall–Kier alpha value is -2.72. The second-order valence-corrected chi connectivity index (χ2v) is 7.71. The molecule has 158 valence electrons. The molecule has 3 aromatic rings. The minimum Gasteiger partial charge on any atom is -0.344 e. The minimum atomic E-state index is -0.673. The van der Waals surface area contributed by atoms with E-state index in [4.69, 9.17) is 25.9 Å². The fourth-order valence-corrected chi connectivity index (χ4v) is 3.20. The SMILES string of the molecule is CC1(N)COC(c2nc(-c3ccc(F)cc3)c(-c3ccnc(CCCN)n3)[nH]2)OC1. The van der Waals surface area contributed by atoms with E-state index in [0.29, 0.717) is 54.9 Å². The zero-order chi connectivity index (χ0) is 21.1. The first-order valence-electron chi connectivity index (χ1n) is 9.85. The van der Waals surface area contributed by atoms with Crippen molar-refractivity contribution in [1.29, 1.82) is 0 Å². The Labute approximate surface area is 173 Å². The van der Waals surface area contributed by atoms with E-state index in [1.165, 1.54) is 12.1 Å². The molecule has 1 fully saturated rings. The van der Waals surface area contributed by atoms with Gasteiger partial charge in [0.25, 0.3) is 0 Å². The quantitative estimate of drug-likeness (QED) is 0.567. The van der Waals surface area contributed by atoms with Gasteiger partial charge in [-0.1, -0.05) is 0 Å². The third-order valence-electron chi connectivity index (χ3n) is 4.76. The molecule has 30 heavy (non-hydrogen) atoms. The minimum absolute atomic E-state index is 0.316. The Morgan fingerprint density at radius 1 is 1.17 bits per heavy atom. The average Bonchev–Trinajstić information content (AvgIpc) is 3.18. The number of nitrogens with two attached hydrogens (primary N) is 2. The molecule has 0 aliphatic carbocycles. The molecule has 8 nitrogen and oxygen atoms in total. The summed E-state index contributed by atoms with van der Waals surface area (Å²) in [7, 11) is 0. The molecule has 2 aromatic heterocycles. The van der Waals surface area contributed by atoms with E-state index in [1.807, 2.05) is 6.92 Å². The summed E-state index contributed by atoms with van der Waals surface area (Å²) in [6.45, 7) is 3.12. The number of hydrogen-bond acceptors (Lipinski definition) is 7. The van der Waals surface area contributed by atoms with E-state index < -0.39 is 11.8 Å². The van der Waals surface area contributed by atoms with Gasteiger partial charge < -0.3 is 25.9 Å². The van der Waals surface area contributed by atoms with Gasteiger partial charge in [-0.25, -0.2) is 19.3 Å². The van der Waals surface area contributed by atoms with Gasteiger partial charge in [-0.05, 0) is 50.2 Å². The maximum absolute atomic E-state index is 13.5. The van der Waals surface area contributed by atoms with Gasteiger partial charge in [-0.3, -0.25) is 0 Å². The van der Waals surface area contributed by atoms with Crippen LogP contribution in [0.4, 0.5) is 4.39 Å². The van der Waals surface area contributed by atoms with Gasteiger partial charge >= 0.3 is 0 Å². The Bertz CT molecular complexity index is 995. The van der Waals surface area contributed by atoms with Crippen LogP contribution in [0.2, 0.25) is 0 Å². The number of H-pyrrole nitrogens is 1. The zero-order valence-corrected chi connectivity index (χ0v) is 16.8. The highest BCUT2D eigenvalue weighted by atomic mass is 19.1. The fraction of sp³-hybridized carbons (Fsp3) is 0.381. The highest BCUT2D eigenvalue weighted by Gasteiger charge is 2.32. The molecule has 3 heterocycles. The lowest BCUT2D eigenvalue weighted by Crippen LogP contribution is -2.50. The molecular weight excluding hydrogens is 387 g/mol. The molecule has 0 spiro atoms. The summed E-state index contributed by atoms with van der Waals surface area (Å²) < 4.78 is 25.0. The zero-order valence-electron chi connectivity index (χ0n) is 16.8. The van der Waals surface area contributed by atoms with Crippen LogP contribution in [-0.2, 0) is 15.9 Å². The number of nitrogens with zero attached hydrogens (tertiary/aromatic N) is 3. The van der Waals surface area contributed by atoms with Crippen LogP contribution < -0.4 is 11.5 Å². The van der Waals surface area contributed by atoms with Gasteiger partial charge in [0.15, 0.2) is 5.82 Å². The van der Waals surface area contributed by atoms with Gasteiger partial charge in [0.2, 0.25) is 6.29 Å². The van der Waals surface area contributed by atoms with Crippen LogP contribution in [0.15, 0.2) is 36.5 Å². The van der Waals surface area contributed by atoms with E-state index in [0.717, 1.165) is 12.0 Å². The lowest BCUT2D eigenvalue weighted by Gasteiger charge is -2.33. The number of aryl methyl sites for hydroxylation is 1. The second-order valence-electron chi connectivity index (χ2n) is 7.71. The first-order chi connectivity index (χ1) is 14.4. The highest BCUT2D eigenvalue weighted by molar-refractivity contribution is 5.76. The molecule has 5 N–H and O–H groups in total. The molecule has 4 rings (SSSR count). The highest BCUT2D eigenvalue weighted by Crippen LogP contribution is 2.33. The second kappa shape index (κ2) is 8.57. The van der Waals surface area contributed by atoms with E-state index in [9.17, 15) is 4.39 Å². The summed E-state index contributed by atoms with van der Waals surface area (Å²) in [5.41, 5.74) is 13.9. The number of ether oxygens (including phenoxy) is 2. The number of rotatable bonds is 6. The molecule has 1 aliphatic rings. The smallest absolute Gasteiger partial charge is 0.217 e. The molecule has 0 saturated carbocycles. The van der Waals surface area contributed by atoms with E-state index in [2.05, 4.69) is 15.0 Å². The maximum Gasteiger partial charge on any atom is 0.217 e. The number of benzene rings is 1. The number of aromatic nitrogens is 4. The fourth-order valence-electron chi connectivity index (χ4n) is 3.20. The average molecular weight is 412 g/mol. The van der Waals surface area contributed by atoms with Crippen molar-refractivity contribution in [2.24, 2.45) is 11.5 Å². The summed E-state index contributed by atoms with van der Waals surface area (Å²) in [4.78, 5) is 16.9. The van der Waals surface area contributed by atoms with Crippen LogP contribution in [0.25, 0.3) is 22.6 Å². The predicted octanol–water partition coefficient (Wildman–Crippen LogP) is 2.33. The van der Waals surface area contributed by atoms with Crippen LogP contribution in [0.5, 0.6) is 0 Å². The summed E-state index contributed by atoms with van der Waals surface area (Å²) in [6.07, 6.45) is 2.51. The van der Waals surface area contributed by atoms with Crippen LogP contribution in [0, 0.1) is 5.82 Å². The summed E-state index contributed by atoms with van der Waals surface area (Å²) in [5.74, 6) is 0.883. The lowest BCUT2D eigenvalue weighted by molar-refractivity contribution is -0.211. The number of nitrogens with one attached hydrogen (secondary N) is 1. The van der Waals surface area contributed by atoms with Gasteiger partial charge in [0, 0.05) is 18.2 Å². The van der Waals surface area contributed by atoms with E-state index in [1.54, 1.807) is 24.4 Å². The summed E-state index contributed by atoms with van der Waals surface area (Å²) in [6, 6.07) is 7.95. The first kappa shape index (κ1) is 20.5. The van der Waals surface area contributed by atoms with Crippen LogP contribution >= 0.6 is 0 Å². The van der Waals surface area contributed by atoms with Crippen LogP contribution in [0.1, 0.15) is 31.3 Å². The standard InChI is InChI=1S/C21H25FN6O2/c1-21(24)11-29-20(30-12-21)19-27-17(13-4-6-14(22)7-5-13)18(28-19)15-8-10-25-16(26-15)3-2-9-23/h4-8,10,20H,2-3,9,11-12,23-24H2,1H3,(H,27,28). The van der Waals surface area contributed by atoms with Crippen molar-refractivity contribution in [2.75, 3.05) is 19.8 Å². The van der Waals surface area contributed by atoms with Crippen LogP contribution in [-0.4, -0.2) is 45.2 Å². The third kappa shape index (κ3) is 4.54. The lowest BCUT2D eigenvalue weighted by atomic mass is 10.1. The van der Waals surface area contributed by atoms with Crippen molar-refractivity contribution in [3.63, 3.8) is 0 Å². The van der Waals surface area contributed by atoms with Crippen molar-refractivity contribution >= 4 is 0 Å². The maximum atomic E-state index is 13.5. The van der Waals surface area contributed by atoms with Crippen molar-refractivity contribution in [3.05, 3.63) is 54.0 Å². The molecule has 0 atom stereocenters. The third-order valence-corrected chi connectivity index (χ3v) is 4.76. The molecule has 0 radical (unpaired) electrons. The van der Waals surface area contributed by atoms with E-state index in [-0.39, 0.29) is 5.82 Å². The Morgan fingerprint density at radius 3 is 2.60 bits per heavy atom. The summed E-state index contributed by atoms with van der Waals surface area (Å²) >= 11 is 0. The molecule has 1 saturated heterocycles. The summed E-state index contributed by atoms with van der Waals surface area (Å²) in [5, 5.41) is 0. The van der Waals surface area contributed by atoms with Gasteiger partial charge in [0.1, 0.15) is 11.6 Å².